The molecule has 0 atom stereocenters. The Morgan fingerprint density at radius 2 is 1.85 bits per heavy atom. The summed E-state index contributed by atoms with van der Waals surface area (Å²) >= 11 is 0. The molecule has 1 heterocycles. The highest BCUT2D eigenvalue weighted by Gasteiger charge is 2.29. The minimum absolute atomic E-state index is 0.0108. The van der Waals surface area contributed by atoms with Crippen molar-refractivity contribution in [1.29, 1.82) is 0 Å². The van der Waals surface area contributed by atoms with Crippen LogP contribution in [0.2, 0.25) is 0 Å². The van der Waals surface area contributed by atoms with Gasteiger partial charge in [0.2, 0.25) is 10.0 Å². The topological polar surface area (TPSA) is 75.4 Å². The van der Waals surface area contributed by atoms with Gasteiger partial charge in [-0.1, -0.05) is 13.3 Å². The molecule has 20 heavy (non-hydrogen) atoms. The van der Waals surface area contributed by atoms with E-state index in [0.717, 1.165) is 12.8 Å². The van der Waals surface area contributed by atoms with Gasteiger partial charge in [-0.3, -0.25) is 4.68 Å². The lowest BCUT2D eigenvalue weighted by Gasteiger charge is -2.22. The number of sulfonamides is 1. The first-order valence-corrected chi connectivity index (χ1v) is 8.41. The van der Waals surface area contributed by atoms with E-state index in [1.54, 1.807) is 25.6 Å². The second-order valence-corrected chi connectivity index (χ2v) is 6.83. The lowest BCUT2D eigenvalue weighted by molar-refractivity contribution is 0.268. The molecule has 0 saturated carbocycles. The van der Waals surface area contributed by atoms with E-state index in [9.17, 15) is 8.42 Å². The Hall–Kier alpha value is -0.920. The van der Waals surface area contributed by atoms with Gasteiger partial charge in [-0.2, -0.15) is 9.40 Å². The first-order chi connectivity index (χ1) is 9.36. The highest BCUT2D eigenvalue weighted by molar-refractivity contribution is 7.89. The summed E-state index contributed by atoms with van der Waals surface area (Å²) in [6.45, 7) is 6.31. The molecule has 0 aliphatic heterocycles. The van der Waals surface area contributed by atoms with Gasteiger partial charge in [0.25, 0.3) is 0 Å². The predicted molar refractivity (Wildman–Crippen MR) is 78.1 cm³/mol. The molecule has 0 aliphatic rings. The molecular formula is C13H25N3O3S. The maximum Gasteiger partial charge on any atom is 0.246 e. The summed E-state index contributed by atoms with van der Waals surface area (Å²) in [5.41, 5.74) is 1.17. The number of aryl methyl sites for hydroxylation is 2. The molecule has 116 valence electrons. The number of rotatable bonds is 8. The van der Waals surface area contributed by atoms with E-state index >= 15 is 0 Å². The third kappa shape index (κ3) is 3.59. The van der Waals surface area contributed by atoms with Crippen molar-refractivity contribution in [3.05, 3.63) is 11.4 Å². The summed E-state index contributed by atoms with van der Waals surface area (Å²) in [4.78, 5) is 0.300. The molecule has 0 amide bonds. The van der Waals surface area contributed by atoms with Crippen LogP contribution in [-0.2, 0) is 17.1 Å². The van der Waals surface area contributed by atoms with Gasteiger partial charge in [-0.15, -0.1) is 0 Å². The van der Waals surface area contributed by atoms with E-state index in [-0.39, 0.29) is 6.61 Å². The molecule has 1 aromatic heterocycles. The van der Waals surface area contributed by atoms with E-state index in [0.29, 0.717) is 35.8 Å². The zero-order valence-corrected chi connectivity index (χ0v) is 13.6. The normalized spacial score (nSPS) is 12.3. The summed E-state index contributed by atoms with van der Waals surface area (Å²) in [5, 5.41) is 13.1. The van der Waals surface area contributed by atoms with Crippen LogP contribution >= 0.6 is 0 Å². The van der Waals surface area contributed by atoms with E-state index in [1.807, 2.05) is 6.92 Å². The highest BCUT2D eigenvalue weighted by atomic mass is 32.2. The van der Waals surface area contributed by atoms with Crippen molar-refractivity contribution < 1.29 is 13.5 Å². The Morgan fingerprint density at radius 1 is 1.25 bits per heavy atom. The number of hydrogen-bond acceptors (Lipinski definition) is 4. The van der Waals surface area contributed by atoms with Crippen molar-refractivity contribution in [2.24, 2.45) is 7.05 Å². The van der Waals surface area contributed by atoms with Crippen LogP contribution in [0.15, 0.2) is 4.90 Å². The molecule has 1 aromatic rings. The fourth-order valence-electron chi connectivity index (χ4n) is 2.19. The van der Waals surface area contributed by atoms with Crippen LogP contribution < -0.4 is 0 Å². The standard InChI is InChI=1S/C13H25N3O3S/c1-5-6-8-16(9-7-10-17)20(18,19)13-11(2)14-15(4)12(13)3/h17H,5-10H2,1-4H3. The molecule has 6 nitrogen and oxygen atoms in total. The van der Waals surface area contributed by atoms with Crippen molar-refractivity contribution in [2.45, 2.75) is 44.9 Å². The largest absolute Gasteiger partial charge is 0.396 e. The molecule has 7 heteroatoms. The van der Waals surface area contributed by atoms with Gasteiger partial charge in [0.05, 0.1) is 11.4 Å². The molecule has 0 radical (unpaired) electrons. The predicted octanol–water partition coefficient (Wildman–Crippen LogP) is 1.21. The Bertz CT molecular complexity index is 529. The van der Waals surface area contributed by atoms with Crippen molar-refractivity contribution in [3.8, 4) is 0 Å². The van der Waals surface area contributed by atoms with Crippen molar-refractivity contribution >= 4 is 10.0 Å². The zero-order chi connectivity index (χ0) is 15.3. The summed E-state index contributed by atoms with van der Waals surface area (Å²) in [7, 11) is -1.81. The minimum atomic E-state index is -3.55. The van der Waals surface area contributed by atoms with Gasteiger partial charge in [0.1, 0.15) is 4.90 Å². The molecule has 0 bridgehead atoms. The quantitative estimate of drug-likeness (QED) is 0.783. The fraction of sp³-hybridized carbons (Fsp3) is 0.769. The summed E-state index contributed by atoms with van der Waals surface area (Å²) in [6, 6.07) is 0. The van der Waals surface area contributed by atoms with Crippen LogP contribution in [0.3, 0.4) is 0 Å². The smallest absolute Gasteiger partial charge is 0.246 e. The average Bonchev–Trinajstić information content (AvgIpc) is 2.63. The zero-order valence-electron chi connectivity index (χ0n) is 12.8. The maximum absolute atomic E-state index is 12.8. The van der Waals surface area contributed by atoms with Crippen molar-refractivity contribution in [1.82, 2.24) is 14.1 Å². The van der Waals surface area contributed by atoms with Gasteiger partial charge >= 0.3 is 0 Å². The van der Waals surface area contributed by atoms with Crippen LogP contribution in [0, 0.1) is 13.8 Å². The van der Waals surface area contributed by atoms with Crippen molar-refractivity contribution in [3.63, 3.8) is 0 Å². The molecule has 0 spiro atoms. The summed E-state index contributed by atoms with van der Waals surface area (Å²) < 4.78 is 28.6. The first-order valence-electron chi connectivity index (χ1n) is 6.97. The lowest BCUT2D eigenvalue weighted by atomic mass is 10.3. The molecular weight excluding hydrogens is 278 g/mol. The Balaban J connectivity index is 3.14. The van der Waals surface area contributed by atoms with Gasteiger partial charge in [0.15, 0.2) is 0 Å². The summed E-state index contributed by atoms with van der Waals surface area (Å²) in [5.74, 6) is 0. The SMILES string of the molecule is CCCCN(CCCO)S(=O)(=O)c1c(C)nn(C)c1C. The van der Waals surface area contributed by atoms with E-state index < -0.39 is 10.0 Å². The second-order valence-electron chi connectivity index (χ2n) is 4.96. The van der Waals surface area contributed by atoms with Crippen LogP contribution in [0.25, 0.3) is 0 Å². The van der Waals surface area contributed by atoms with E-state index in [1.165, 1.54) is 4.31 Å². The second kappa shape index (κ2) is 7.19. The third-order valence-corrected chi connectivity index (χ3v) is 5.52. The fourth-order valence-corrected chi connectivity index (χ4v) is 4.11. The number of aliphatic hydroxyl groups is 1. The third-order valence-electron chi connectivity index (χ3n) is 3.37. The van der Waals surface area contributed by atoms with Gasteiger partial charge < -0.3 is 5.11 Å². The average molecular weight is 303 g/mol. The maximum atomic E-state index is 12.8. The number of aromatic nitrogens is 2. The molecule has 0 unspecified atom stereocenters. The number of unbranched alkanes of at least 4 members (excludes halogenated alkanes) is 1. The van der Waals surface area contributed by atoms with E-state index in [2.05, 4.69) is 5.10 Å². The highest BCUT2D eigenvalue weighted by Crippen LogP contribution is 2.23. The number of aliphatic hydroxyl groups excluding tert-OH is 1. The van der Waals surface area contributed by atoms with E-state index in [4.69, 9.17) is 5.11 Å². The van der Waals surface area contributed by atoms with Gasteiger partial charge in [-0.05, 0) is 26.7 Å². The monoisotopic (exact) mass is 303 g/mol. The number of hydrogen-bond donors (Lipinski definition) is 1. The minimum Gasteiger partial charge on any atom is -0.396 e. The van der Waals surface area contributed by atoms with Crippen LogP contribution in [-0.4, -0.2) is 47.3 Å². The molecule has 0 saturated heterocycles. The molecule has 0 aromatic carbocycles. The lowest BCUT2D eigenvalue weighted by Crippen LogP contribution is -2.34. The first kappa shape index (κ1) is 17.1. The van der Waals surface area contributed by atoms with Crippen LogP contribution in [0.5, 0.6) is 0 Å². The van der Waals surface area contributed by atoms with Gasteiger partial charge in [0, 0.05) is 26.7 Å². The Morgan fingerprint density at radius 3 is 2.30 bits per heavy atom. The van der Waals surface area contributed by atoms with Crippen molar-refractivity contribution in [2.75, 3.05) is 19.7 Å². The summed E-state index contributed by atoms with van der Waals surface area (Å²) in [6.07, 6.45) is 2.18. The molecule has 1 N–H and O–H groups in total. The molecule has 0 fully saturated rings. The van der Waals surface area contributed by atoms with Crippen LogP contribution in [0.4, 0.5) is 0 Å². The molecule has 1 rings (SSSR count). The Labute approximate surface area is 121 Å². The van der Waals surface area contributed by atoms with Gasteiger partial charge in [-0.25, -0.2) is 8.42 Å². The Kier molecular flexibility index (Phi) is 6.16. The number of nitrogens with zero attached hydrogens (tertiary/aromatic N) is 3. The molecule has 0 aliphatic carbocycles. The van der Waals surface area contributed by atoms with Crippen LogP contribution in [0.1, 0.15) is 37.6 Å².